The van der Waals surface area contributed by atoms with Crippen molar-refractivity contribution in [1.29, 1.82) is 0 Å². The largest absolute Gasteiger partial charge is 0.371 e. The summed E-state index contributed by atoms with van der Waals surface area (Å²) in [7, 11) is 1.85. The van der Waals surface area contributed by atoms with Crippen LogP contribution in [0.1, 0.15) is 6.92 Å². The number of anilines is 1. The number of para-hydroxylation sites is 1. The van der Waals surface area contributed by atoms with Crippen LogP contribution in [0.3, 0.4) is 0 Å². The lowest BCUT2D eigenvalue weighted by atomic mass is 10.3. The molecule has 0 aliphatic rings. The standard InChI is InChI=1S/C13H20F2N2/c1-3-17(9-8-14)11-10-16(2)13-7-5-4-6-12(13)15/h4-7H,3,8-11H2,1-2H3. The van der Waals surface area contributed by atoms with Crippen molar-refractivity contribution >= 4 is 5.69 Å². The van der Waals surface area contributed by atoms with E-state index in [2.05, 4.69) is 0 Å². The summed E-state index contributed by atoms with van der Waals surface area (Å²) >= 11 is 0. The predicted molar refractivity (Wildman–Crippen MR) is 67.8 cm³/mol. The van der Waals surface area contributed by atoms with E-state index < -0.39 is 0 Å². The first kappa shape index (κ1) is 13.9. The fourth-order valence-electron chi connectivity index (χ4n) is 1.72. The van der Waals surface area contributed by atoms with E-state index in [1.54, 1.807) is 12.1 Å². The Bertz CT molecular complexity index is 331. The van der Waals surface area contributed by atoms with E-state index in [0.29, 0.717) is 18.8 Å². The number of benzene rings is 1. The van der Waals surface area contributed by atoms with Crippen LogP contribution in [0, 0.1) is 5.82 Å². The second kappa shape index (κ2) is 7.22. The Balaban J connectivity index is 2.49. The van der Waals surface area contributed by atoms with Crippen LogP contribution >= 0.6 is 0 Å². The first-order valence-corrected chi connectivity index (χ1v) is 5.93. The summed E-state index contributed by atoms with van der Waals surface area (Å²) in [5, 5.41) is 0. The van der Waals surface area contributed by atoms with Crippen molar-refractivity contribution in [3.05, 3.63) is 30.1 Å². The molecule has 1 aromatic rings. The summed E-state index contributed by atoms with van der Waals surface area (Å²) in [5.74, 6) is -0.219. The lowest BCUT2D eigenvalue weighted by molar-refractivity contribution is 0.264. The average Bonchev–Trinajstić information content (AvgIpc) is 2.34. The Morgan fingerprint density at radius 1 is 1.12 bits per heavy atom. The smallest absolute Gasteiger partial charge is 0.146 e. The molecule has 2 nitrogen and oxygen atoms in total. The first-order valence-electron chi connectivity index (χ1n) is 5.93. The first-order chi connectivity index (χ1) is 8.19. The van der Waals surface area contributed by atoms with Gasteiger partial charge in [0.15, 0.2) is 0 Å². The van der Waals surface area contributed by atoms with E-state index >= 15 is 0 Å². The highest BCUT2D eigenvalue weighted by Crippen LogP contribution is 2.16. The minimum Gasteiger partial charge on any atom is -0.371 e. The van der Waals surface area contributed by atoms with Crippen LogP contribution in [0.4, 0.5) is 14.5 Å². The average molecular weight is 242 g/mol. The van der Waals surface area contributed by atoms with Gasteiger partial charge in [0.25, 0.3) is 0 Å². The van der Waals surface area contributed by atoms with Crippen molar-refractivity contribution in [2.24, 2.45) is 0 Å². The maximum absolute atomic E-state index is 13.5. The van der Waals surface area contributed by atoms with Crippen LogP contribution in [-0.4, -0.2) is 44.8 Å². The highest BCUT2D eigenvalue weighted by molar-refractivity contribution is 5.46. The number of hydrogen-bond acceptors (Lipinski definition) is 2. The third-order valence-corrected chi connectivity index (χ3v) is 2.86. The van der Waals surface area contributed by atoms with Gasteiger partial charge in [0.2, 0.25) is 0 Å². The molecule has 0 fully saturated rings. The molecule has 1 rings (SSSR count). The van der Waals surface area contributed by atoms with E-state index in [0.717, 1.165) is 13.1 Å². The molecule has 0 N–H and O–H groups in total. The molecule has 0 unspecified atom stereocenters. The van der Waals surface area contributed by atoms with E-state index in [1.807, 2.05) is 29.8 Å². The molecule has 0 bridgehead atoms. The maximum Gasteiger partial charge on any atom is 0.146 e. The lowest BCUT2D eigenvalue weighted by Gasteiger charge is -2.25. The highest BCUT2D eigenvalue weighted by atomic mass is 19.1. The molecule has 0 aliphatic heterocycles. The Labute approximate surface area is 102 Å². The molecular formula is C13H20F2N2. The molecule has 4 heteroatoms. The summed E-state index contributed by atoms with van der Waals surface area (Å²) in [6.07, 6.45) is 0. The van der Waals surface area contributed by atoms with Gasteiger partial charge in [0, 0.05) is 26.7 Å². The monoisotopic (exact) mass is 242 g/mol. The van der Waals surface area contributed by atoms with Crippen LogP contribution in [0.25, 0.3) is 0 Å². The molecule has 0 aromatic heterocycles. The summed E-state index contributed by atoms with van der Waals surface area (Å²) in [4.78, 5) is 3.87. The van der Waals surface area contributed by atoms with Gasteiger partial charge in [0.1, 0.15) is 12.5 Å². The number of alkyl halides is 1. The molecular weight excluding hydrogens is 222 g/mol. The zero-order valence-electron chi connectivity index (χ0n) is 10.5. The lowest BCUT2D eigenvalue weighted by Crippen LogP contribution is -2.34. The Kier molecular flexibility index (Phi) is 5.91. The summed E-state index contributed by atoms with van der Waals surface area (Å²) in [6.45, 7) is 4.35. The highest BCUT2D eigenvalue weighted by Gasteiger charge is 2.08. The summed E-state index contributed by atoms with van der Waals surface area (Å²) in [6, 6.07) is 6.69. The molecule has 0 aliphatic carbocycles. The molecule has 1 aromatic carbocycles. The summed E-state index contributed by atoms with van der Waals surface area (Å²) in [5.41, 5.74) is 0.587. The Morgan fingerprint density at radius 2 is 1.82 bits per heavy atom. The van der Waals surface area contributed by atoms with Crippen molar-refractivity contribution in [3.8, 4) is 0 Å². The third kappa shape index (κ3) is 4.30. The van der Waals surface area contributed by atoms with Gasteiger partial charge in [-0.3, -0.25) is 4.90 Å². The van der Waals surface area contributed by atoms with Crippen LogP contribution in [0.15, 0.2) is 24.3 Å². The number of likely N-dealkylation sites (N-methyl/N-ethyl adjacent to an activating group) is 2. The number of rotatable bonds is 7. The van der Waals surface area contributed by atoms with Crippen molar-refractivity contribution in [3.63, 3.8) is 0 Å². The minimum atomic E-state index is -0.336. The molecule has 0 saturated heterocycles. The predicted octanol–water partition coefficient (Wildman–Crippen LogP) is 2.55. The van der Waals surface area contributed by atoms with Crippen molar-refractivity contribution in [2.75, 3.05) is 44.8 Å². The Hall–Kier alpha value is -1.16. The fraction of sp³-hybridized carbons (Fsp3) is 0.538. The quantitative estimate of drug-likeness (QED) is 0.725. The van der Waals surface area contributed by atoms with E-state index in [1.165, 1.54) is 6.07 Å². The normalized spacial score (nSPS) is 10.9. The zero-order chi connectivity index (χ0) is 12.7. The van der Waals surface area contributed by atoms with E-state index in [4.69, 9.17) is 0 Å². The zero-order valence-corrected chi connectivity index (χ0v) is 10.5. The molecule has 0 amide bonds. The molecule has 0 atom stereocenters. The van der Waals surface area contributed by atoms with E-state index in [-0.39, 0.29) is 12.5 Å². The van der Waals surface area contributed by atoms with Crippen LogP contribution in [-0.2, 0) is 0 Å². The minimum absolute atomic E-state index is 0.219. The molecule has 17 heavy (non-hydrogen) atoms. The van der Waals surface area contributed by atoms with Gasteiger partial charge < -0.3 is 4.90 Å². The number of hydrogen-bond donors (Lipinski definition) is 0. The van der Waals surface area contributed by atoms with Gasteiger partial charge in [-0.15, -0.1) is 0 Å². The molecule has 0 spiro atoms. The number of halogens is 2. The van der Waals surface area contributed by atoms with Gasteiger partial charge >= 0.3 is 0 Å². The molecule has 0 heterocycles. The van der Waals surface area contributed by atoms with Crippen LogP contribution < -0.4 is 4.90 Å². The van der Waals surface area contributed by atoms with E-state index in [9.17, 15) is 8.78 Å². The van der Waals surface area contributed by atoms with Gasteiger partial charge in [0.05, 0.1) is 5.69 Å². The number of nitrogens with zero attached hydrogens (tertiary/aromatic N) is 2. The van der Waals surface area contributed by atoms with Gasteiger partial charge in [-0.25, -0.2) is 8.78 Å². The van der Waals surface area contributed by atoms with Gasteiger partial charge in [-0.2, -0.15) is 0 Å². The SMILES string of the molecule is CCN(CCF)CCN(C)c1ccccc1F. The van der Waals surface area contributed by atoms with Crippen molar-refractivity contribution in [2.45, 2.75) is 6.92 Å². The second-order valence-corrected chi connectivity index (χ2v) is 4.00. The van der Waals surface area contributed by atoms with Crippen molar-refractivity contribution in [1.82, 2.24) is 4.90 Å². The Morgan fingerprint density at radius 3 is 2.41 bits per heavy atom. The van der Waals surface area contributed by atoms with Crippen LogP contribution in [0.5, 0.6) is 0 Å². The molecule has 0 saturated carbocycles. The van der Waals surface area contributed by atoms with Gasteiger partial charge in [-0.05, 0) is 18.7 Å². The second-order valence-electron chi connectivity index (χ2n) is 4.00. The van der Waals surface area contributed by atoms with Gasteiger partial charge in [-0.1, -0.05) is 19.1 Å². The topological polar surface area (TPSA) is 6.48 Å². The van der Waals surface area contributed by atoms with Crippen molar-refractivity contribution < 1.29 is 8.78 Å². The third-order valence-electron chi connectivity index (χ3n) is 2.86. The fourth-order valence-corrected chi connectivity index (χ4v) is 1.72. The maximum atomic E-state index is 13.5. The molecule has 0 radical (unpaired) electrons. The molecule has 96 valence electrons. The van der Waals surface area contributed by atoms with Crippen LogP contribution in [0.2, 0.25) is 0 Å². The summed E-state index contributed by atoms with van der Waals surface area (Å²) < 4.78 is 25.7.